The van der Waals surface area contributed by atoms with E-state index < -0.39 is 5.92 Å². The highest BCUT2D eigenvalue weighted by atomic mass is 16.5. The lowest BCUT2D eigenvalue weighted by molar-refractivity contribution is -0.146. The molecule has 2 heterocycles. The molecule has 5 nitrogen and oxygen atoms in total. The number of pyridine rings is 1. The van der Waals surface area contributed by atoms with Crippen molar-refractivity contribution in [3.63, 3.8) is 0 Å². The molecule has 5 heteroatoms. The molecule has 1 aliphatic carbocycles. The van der Waals surface area contributed by atoms with E-state index in [-0.39, 0.29) is 23.1 Å². The maximum absolute atomic E-state index is 13.1. The van der Waals surface area contributed by atoms with Crippen molar-refractivity contribution in [2.24, 2.45) is 16.3 Å². The van der Waals surface area contributed by atoms with Crippen molar-refractivity contribution in [3.05, 3.63) is 41.4 Å². The zero-order valence-electron chi connectivity index (χ0n) is 16.6. The van der Waals surface area contributed by atoms with Crippen LogP contribution in [-0.4, -0.2) is 29.1 Å². The van der Waals surface area contributed by atoms with Crippen molar-refractivity contribution in [3.8, 4) is 0 Å². The maximum Gasteiger partial charge on any atom is 0.315 e. The molecule has 1 aromatic heterocycles. The first-order chi connectivity index (χ1) is 12.8. The first-order valence-corrected chi connectivity index (χ1v) is 9.72. The molecule has 3 rings (SSSR count). The lowest BCUT2D eigenvalue weighted by atomic mass is 9.67. The third-order valence-corrected chi connectivity index (χ3v) is 5.34. The Bertz CT molecular complexity index is 793. The van der Waals surface area contributed by atoms with Crippen LogP contribution in [0.15, 0.2) is 40.8 Å². The Morgan fingerprint density at radius 2 is 2.11 bits per heavy atom. The summed E-state index contributed by atoms with van der Waals surface area (Å²) in [5.74, 6) is -1.17. The van der Waals surface area contributed by atoms with Gasteiger partial charge in [-0.15, -0.1) is 0 Å². The van der Waals surface area contributed by atoms with Crippen LogP contribution in [0, 0.1) is 11.3 Å². The molecule has 0 bridgehead atoms. The monoisotopic (exact) mass is 368 g/mol. The molecule has 0 radical (unpaired) electrons. The van der Waals surface area contributed by atoms with Crippen LogP contribution in [-0.2, 0) is 14.3 Å². The molecule has 144 valence electrons. The van der Waals surface area contributed by atoms with E-state index in [1.54, 1.807) is 12.4 Å². The second kappa shape index (κ2) is 7.75. The molecule has 1 aromatic rings. The number of carbonyl (C=O) groups excluding carboxylic acids is 2. The highest BCUT2D eigenvalue weighted by molar-refractivity contribution is 6.09. The van der Waals surface area contributed by atoms with Gasteiger partial charge in [0.05, 0.1) is 6.61 Å². The van der Waals surface area contributed by atoms with Gasteiger partial charge >= 0.3 is 5.97 Å². The SMILES string of the molecule is CCCCOC(=O)C1C(C)=NC2=C(C(=O)CC(C)(C)C2)[C@@H]1c1cccnc1. The van der Waals surface area contributed by atoms with Crippen LogP contribution in [0.5, 0.6) is 0 Å². The number of esters is 1. The highest BCUT2D eigenvalue weighted by Gasteiger charge is 2.46. The van der Waals surface area contributed by atoms with Crippen LogP contribution in [0.2, 0.25) is 0 Å². The Balaban J connectivity index is 2.05. The van der Waals surface area contributed by atoms with Crippen molar-refractivity contribution < 1.29 is 14.3 Å². The zero-order chi connectivity index (χ0) is 19.6. The number of hydrogen-bond acceptors (Lipinski definition) is 5. The first kappa shape index (κ1) is 19.5. The average Bonchev–Trinajstić information content (AvgIpc) is 2.60. The topological polar surface area (TPSA) is 68.6 Å². The van der Waals surface area contributed by atoms with Gasteiger partial charge in [-0.05, 0) is 36.8 Å². The van der Waals surface area contributed by atoms with Crippen molar-refractivity contribution in [1.29, 1.82) is 0 Å². The second-order valence-corrected chi connectivity index (χ2v) is 8.32. The van der Waals surface area contributed by atoms with E-state index in [0.717, 1.165) is 36.2 Å². The van der Waals surface area contributed by atoms with Gasteiger partial charge < -0.3 is 4.74 Å². The maximum atomic E-state index is 13.1. The Morgan fingerprint density at radius 3 is 2.78 bits per heavy atom. The van der Waals surface area contributed by atoms with E-state index in [2.05, 4.69) is 25.8 Å². The quantitative estimate of drug-likeness (QED) is 0.576. The molecule has 27 heavy (non-hydrogen) atoms. The van der Waals surface area contributed by atoms with Gasteiger partial charge in [0, 0.05) is 41.7 Å². The van der Waals surface area contributed by atoms with Gasteiger partial charge in [-0.1, -0.05) is 33.3 Å². The minimum atomic E-state index is -0.574. The van der Waals surface area contributed by atoms with E-state index in [1.807, 2.05) is 19.1 Å². The number of rotatable bonds is 5. The molecule has 2 aliphatic rings. The van der Waals surface area contributed by atoms with Crippen LogP contribution in [0.4, 0.5) is 0 Å². The summed E-state index contributed by atoms with van der Waals surface area (Å²) < 4.78 is 5.53. The molecule has 0 amide bonds. The Hall–Kier alpha value is -2.30. The highest BCUT2D eigenvalue weighted by Crippen LogP contribution is 2.47. The number of ether oxygens (including phenoxy) is 1. The number of aromatic nitrogens is 1. The van der Waals surface area contributed by atoms with Crippen LogP contribution < -0.4 is 0 Å². The van der Waals surface area contributed by atoms with E-state index in [1.165, 1.54) is 0 Å². The standard InChI is InChI=1S/C22H28N2O3/c1-5-6-10-27-21(26)18-14(2)24-16-11-22(3,4)12-17(25)20(16)19(18)15-8-7-9-23-13-15/h7-9,13,18-19H,5-6,10-12H2,1-4H3/t18?,19-/m1/s1. The molecule has 0 N–H and O–H groups in total. The molecule has 1 aliphatic heterocycles. The molecular formula is C22H28N2O3. The summed E-state index contributed by atoms with van der Waals surface area (Å²) in [5.41, 5.74) is 2.96. The third-order valence-electron chi connectivity index (χ3n) is 5.34. The Morgan fingerprint density at radius 1 is 1.33 bits per heavy atom. The van der Waals surface area contributed by atoms with Gasteiger partial charge in [0.1, 0.15) is 5.92 Å². The van der Waals surface area contributed by atoms with Crippen molar-refractivity contribution >= 4 is 17.5 Å². The van der Waals surface area contributed by atoms with E-state index in [0.29, 0.717) is 18.6 Å². The van der Waals surface area contributed by atoms with Crippen LogP contribution in [0.1, 0.15) is 64.9 Å². The fraction of sp³-hybridized carbons (Fsp3) is 0.545. The molecule has 0 spiro atoms. The largest absolute Gasteiger partial charge is 0.465 e. The van der Waals surface area contributed by atoms with Crippen molar-refractivity contribution in [1.82, 2.24) is 4.98 Å². The summed E-state index contributed by atoms with van der Waals surface area (Å²) in [6.45, 7) is 8.49. The molecule has 0 saturated heterocycles. The minimum absolute atomic E-state index is 0.0812. The van der Waals surface area contributed by atoms with Crippen molar-refractivity contribution in [2.75, 3.05) is 6.61 Å². The van der Waals surface area contributed by atoms with Crippen LogP contribution in [0.3, 0.4) is 0 Å². The molecule has 1 unspecified atom stereocenters. The smallest absolute Gasteiger partial charge is 0.315 e. The van der Waals surface area contributed by atoms with E-state index in [4.69, 9.17) is 9.73 Å². The minimum Gasteiger partial charge on any atom is -0.465 e. The number of carbonyl (C=O) groups is 2. The molecule has 2 atom stereocenters. The summed E-state index contributed by atoms with van der Waals surface area (Å²) in [4.78, 5) is 34.9. The van der Waals surface area contributed by atoms with Gasteiger partial charge in [-0.2, -0.15) is 0 Å². The van der Waals surface area contributed by atoms with Gasteiger partial charge in [-0.25, -0.2) is 0 Å². The predicted octanol–water partition coefficient (Wildman–Crippen LogP) is 4.24. The summed E-state index contributed by atoms with van der Waals surface area (Å²) in [7, 11) is 0. The zero-order valence-corrected chi connectivity index (χ0v) is 16.6. The Labute approximate surface area is 160 Å². The number of Topliss-reactive ketones (excluding diaryl/α,β-unsaturated/α-hetero) is 1. The fourth-order valence-corrected chi connectivity index (χ4v) is 4.08. The predicted molar refractivity (Wildman–Crippen MR) is 104 cm³/mol. The van der Waals surface area contributed by atoms with Gasteiger partial charge in [0.15, 0.2) is 5.78 Å². The molecule has 0 saturated carbocycles. The number of ketones is 1. The summed E-state index contributed by atoms with van der Waals surface area (Å²) in [6, 6.07) is 3.77. The summed E-state index contributed by atoms with van der Waals surface area (Å²) >= 11 is 0. The van der Waals surface area contributed by atoms with Crippen molar-refractivity contribution in [2.45, 2.75) is 59.3 Å². The number of nitrogens with zero attached hydrogens (tertiary/aromatic N) is 2. The number of allylic oxidation sites excluding steroid dienone is 2. The second-order valence-electron chi connectivity index (χ2n) is 8.32. The number of unbranched alkanes of at least 4 members (excludes halogenated alkanes) is 1. The third kappa shape index (κ3) is 4.02. The molecular weight excluding hydrogens is 340 g/mol. The lowest BCUT2D eigenvalue weighted by Gasteiger charge is -2.38. The summed E-state index contributed by atoms with van der Waals surface area (Å²) in [6.07, 6.45) is 6.43. The van der Waals surface area contributed by atoms with Crippen LogP contribution in [0.25, 0.3) is 0 Å². The number of hydrogen-bond donors (Lipinski definition) is 0. The van der Waals surface area contributed by atoms with Gasteiger partial charge in [0.25, 0.3) is 0 Å². The van der Waals surface area contributed by atoms with E-state index >= 15 is 0 Å². The van der Waals surface area contributed by atoms with E-state index in [9.17, 15) is 9.59 Å². The van der Waals surface area contributed by atoms with Crippen LogP contribution >= 0.6 is 0 Å². The molecule has 0 aromatic carbocycles. The average molecular weight is 368 g/mol. The van der Waals surface area contributed by atoms with Gasteiger partial charge in [-0.3, -0.25) is 19.6 Å². The number of aliphatic imine (C=N–C) groups is 1. The van der Waals surface area contributed by atoms with Gasteiger partial charge in [0.2, 0.25) is 0 Å². The normalized spacial score (nSPS) is 24.3. The Kier molecular flexibility index (Phi) is 5.59. The first-order valence-electron chi connectivity index (χ1n) is 9.72. The lowest BCUT2D eigenvalue weighted by Crippen LogP contribution is -2.39. The fourth-order valence-electron chi connectivity index (χ4n) is 4.08. The molecule has 0 fully saturated rings. The summed E-state index contributed by atoms with van der Waals surface area (Å²) in [5, 5.41) is 0.